The first kappa shape index (κ1) is 15.5. The number of nitro groups is 1. The Hall–Kier alpha value is -1.58. The first-order chi connectivity index (χ1) is 8.88. The Balaban J connectivity index is 2.98. The second-order valence-corrected chi connectivity index (χ2v) is 5.46. The molecular formula is C10H14FN3O4S. The zero-order valence-corrected chi connectivity index (χ0v) is 11.0. The van der Waals surface area contributed by atoms with Gasteiger partial charge in [-0.15, -0.1) is 0 Å². The maximum absolute atomic E-state index is 12.9. The molecular weight excluding hydrogens is 277 g/mol. The summed E-state index contributed by atoms with van der Waals surface area (Å²) in [6.07, 6.45) is 0.532. The lowest BCUT2D eigenvalue weighted by atomic mass is 10.3. The van der Waals surface area contributed by atoms with E-state index in [1.165, 1.54) is 0 Å². The monoisotopic (exact) mass is 291 g/mol. The van der Waals surface area contributed by atoms with Gasteiger partial charge in [-0.1, -0.05) is 0 Å². The molecule has 0 saturated heterocycles. The lowest BCUT2D eigenvalue weighted by Crippen LogP contribution is -2.27. The molecule has 7 nitrogen and oxygen atoms in total. The summed E-state index contributed by atoms with van der Waals surface area (Å²) in [4.78, 5) is 9.27. The minimum atomic E-state index is -4.02. The summed E-state index contributed by atoms with van der Waals surface area (Å²) in [7, 11) is -2.30. The number of nitrogens with one attached hydrogen (secondary N) is 2. The molecule has 0 aliphatic rings. The average Bonchev–Trinajstić information content (AvgIpc) is 2.34. The molecule has 1 aromatic carbocycles. The van der Waals surface area contributed by atoms with Crippen molar-refractivity contribution in [2.75, 3.05) is 20.1 Å². The quantitative estimate of drug-likeness (QED) is 0.435. The third-order valence-corrected chi connectivity index (χ3v) is 3.81. The maximum atomic E-state index is 12.9. The number of nitro benzene ring substituents is 1. The van der Waals surface area contributed by atoms with Crippen molar-refractivity contribution in [3.63, 3.8) is 0 Å². The maximum Gasteiger partial charge on any atom is 0.292 e. The Bertz CT molecular complexity index is 562. The molecule has 0 aliphatic carbocycles. The molecule has 0 unspecified atom stereocenters. The van der Waals surface area contributed by atoms with Crippen LogP contribution in [0.1, 0.15) is 6.42 Å². The molecule has 0 radical (unpaired) electrons. The Morgan fingerprint density at radius 3 is 2.63 bits per heavy atom. The zero-order chi connectivity index (χ0) is 14.5. The van der Waals surface area contributed by atoms with E-state index in [4.69, 9.17) is 0 Å². The molecule has 0 bridgehead atoms. The highest BCUT2D eigenvalue weighted by Crippen LogP contribution is 2.24. The van der Waals surface area contributed by atoms with Gasteiger partial charge in [0.1, 0.15) is 5.82 Å². The minimum absolute atomic E-state index is 0.137. The predicted molar refractivity (Wildman–Crippen MR) is 66.8 cm³/mol. The van der Waals surface area contributed by atoms with Crippen LogP contribution in [-0.2, 0) is 10.0 Å². The summed E-state index contributed by atoms with van der Waals surface area (Å²) in [5, 5.41) is 13.6. The van der Waals surface area contributed by atoms with Crippen LogP contribution in [0.15, 0.2) is 23.1 Å². The van der Waals surface area contributed by atoms with Crippen molar-refractivity contribution in [1.82, 2.24) is 10.0 Å². The Morgan fingerprint density at radius 1 is 1.37 bits per heavy atom. The van der Waals surface area contributed by atoms with Gasteiger partial charge < -0.3 is 5.32 Å². The SMILES string of the molecule is CNCCCNS(=O)(=O)c1ccc(F)cc1[N+](=O)[O-]. The van der Waals surface area contributed by atoms with E-state index in [1.54, 1.807) is 7.05 Å². The van der Waals surface area contributed by atoms with Crippen molar-refractivity contribution in [3.8, 4) is 0 Å². The molecule has 0 spiro atoms. The van der Waals surface area contributed by atoms with Crippen molar-refractivity contribution in [2.45, 2.75) is 11.3 Å². The van der Waals surface area contributed by atoms with Crippen molar-refractivity contribution < 1.29 is 17.7 Å². The van der Waals surface area contributed by atoms with Gasteiger partial charge >= 0.3 is 0 Å². The van der Waals surface area contributed by atoms with E-state index in [1.807, 2.05) is 0 Å². The van der Waals surface area contributed by atoms with Crippen LogP contribution in [0, 0.1) is 15.9 Å². The largest absolute Gasteiger partial charge is 0.320 e. The molecule has 0 aromatic heterocycles. The van der Waals surface area contributed by atoms with E-state index in [9.17, 15) is 22.9 Å². The van der Waals surface area contributed by atoms with E-state index in [0.717, 1.165) is 12.1 Å². The van der Waals surface area contributed by atoms with Gasteiger partial charge in [0.2, 0.25) is 10.0 Å². The van der Waals surface area contributed by atoms with E-state index >= 15 is 0 Å². The number of rotatable bonds is 7. The van der Waals surface area contributed by atoms with Gasteiger partial charge in [-0.2, -0.15) is 0 Å². The second-order valence-electron chi connectivity index (χ2n) is 3.72. The van der Waals surface area contributed by atoms with Gasteiger partial charge in [0.15, 0.2) is 4.90 Å². The van der Waals surface area contributed by atoms with E-state index in [-0.39, 0.29) is 6.54 Å². The summed E-state index contributed by atoms with van der Waals surface area (Å²) >= 11 is 0. The smallest absolute Gasteiger partial charge is 0.292 e. The molecule has 0 aliphatic heterocycles. The molecule has 19 heavy (non-hydrogen) atoms. The van der Waals surface area contributed by atoms with E-state index < -0.39 is 31.3 Å². The molecule has 0 saturated carbocycles. The number of benzene rings is 1. The topological polar surface area (TPSA) is 101 Å². The van der Waals surface area contributed by atoms with Crippen LogP contribution in [-0.4, -0.2) is 33.5 Å². The second kappa shape index (κ2) is 6.55. The molecule has 0 heterocycles. The molecule has 0 fully saturated rings. The van der Waals surface area contributed by atoms with Gasteiger partial charge in [-0.05, 0) is 32.1 Å². The molecule has 1 rings (SSSR count). The van der Waals surface area contributed by atoms with Crippen LogP contribution in [0.25, 0.3) is 0 Å². The zero-order valence-electron chi connectivity index (χ0n) is 10.2. The average molecular weight is 291 g/mol. The first-order valence-corrected chi connectivity index (χ1v) is 6.95. The Kier molecular flexibility index (Phi) is 5.33. The van der Waals surface area contributed by atoms with Crippen LogP contribution in [0.2, 0.25) is 0 Å². The van der Waals surface area contributed by atoms with Crippen LogP contribution in [0.4, 0.5) is 10.1 Å². The molecule has 106 valence electrons. The molecule has 9 heteroatoms. The summed E-state index contributed by atoms with van der Waals surface area (Å²) < 4.78 is 38.9. The number of halogens is 1. The third kappa shape index (κ3) is 4.23. The van der Waals surface area contributed by atoms with Gasteiger partial charge in [-0.25, -0.2) is 17.5 Å². The fraction of sp³-hybridized carbons (Fsp3) is 0.400. The van der Waals surface area contributed by atoms with Gasteiger partial charge in [0.25, 0.3) is 5.69 Å². The molecule has 0 atom stereocenters. The lowest BCUT2D eigenvalue weighted by molar-refractivity contribution is -0.388. The first-order valence-electron chi connectivity index (χ1n) is 5.46. The highest BCUT2D eigenvalue weighted by atomic mass is 32.2. The summed E-state index contributed by atoms with van der Waals surface area (Å²) in [6, 6.07) is 2.34. The predicted octanol–water partition coefficient (Wildman–Crippen LogP) is 0.622. The summed E-state index contributed by atoms with van der Waals surface area (Å²) in [5.41, 5.74) is -0.777. The molecule has 2 N–H and O–H groups in total. The highest BCUT2D eigenvalue weighted by molar-refractivity contribution is 7.89. The number of hydrogen-bond acceptors (Lipinski definition) is 5. The fourth-order valence-corrected chi connectivity index (χ4v) is 2.63. The normalized spacial score (nSPS) is 11.5. The number of nitrogens with zero attached hydrogens (tertiary/aromatic N) is 1. The van der Waals surface area contributed by atoms with Crippen molar-refractivity contribution in [1.29, 1.82) is 0 Å². The summed E-state index contributed by atoms with van der Waals surface area (Å²) in [5.74, 6) is -0.860. The molecule has 1 aromatic rings. The van der Waals surface area contributed by atoms with Crippen molar-refractivity contribution in [3.05, 3.63) is 34.1 Å². The Labute approximate surface area is 110 Å². The van der Waals surface area contributed by atoms with E-state index in [2.05, 4.69) is 10.0 Å². The Morgan fingerprint density at radius 2 is 2.05 bits per heavy atom. The highest BCUT2D eigenvalue weighted by Gasteiger charge is 2.25. The number of sulfonamides is 1. The standard InChI is InChI=1S/C10H14FN3O4S/c1-12-5-2-6-13-19(17,18)10-4-3-8(11)7-9(10)14(15)16/h3-4,7,12-13H,2,5-6H2,1H3. The van der Waals surface area contributed by atoms with Gasteiger partial charge in [0, 0.05) is 6.54 Å². The van der Waals surface area contributed by atoms with Crippen LogP contribution < -0.4 is 10.0 Å². The van der Waals surface area contributed by atoms with Crippen LogP contribution >= 0.6 is 0 Å². The minimum Gasteiger partial charge on any atom is -0.320 e. The molecule has 0 amide bonds. The summed E-state index contributed by atoms with van der Waals surface area (Å²) in [6.45, 7) is 0.742. The third-order valence-electron chi connectivity index (χ3n) is 2.30. The van der Waals surface area contributed by atoms with Crippen molar-refractivity contribution in [2.24, 2.45) is 0 Å². The fourth-order valence-electron chi connectivity index (χ4n) is 1.41. The van der Waals surface area contributed by atoms with Crippen LogP contribution in [0.3, 0.4) is 0 Å². The van der Waals surface area contributed by atoms with E-state index in [0.29, 0.717) is 19.0 Å². The van der Waals surface area contributed by atoms with Crippen LogP contribution in [0.5, 0.6) is 0 Å². The lowest BCUT2D eigenvalue weighted by Gasteiger charge is -2.07. The van der Waals surface area contributed by atoms with Gasteiger partial charge in [-0.3, -0.25) is 10.1 Å². The van der Waals surface area contributed by atoms with Gasteiger partial charge in [0.05, 0.1) is 11.0 Å². The number of hydrogen-bond donors (Lipinski definition) is 2. The van der Waals surface area contributed by atoms with Crippen molar-refractivity contribution >= 4 is 15.7 Å².